The molecule has 234 valence electrons. The maximum Gasteiger partial charge on any atom is 0.340 e. The van der Waals surface area contributed by atoms with E-state index in [1.54, 1.807) is 40.2 Å². The number of ether oxygens (including phenoxy) is 4. The molecule has 5 aromatic rings. The van der Waals surface area contributed by atoms with Gasteiger partial charge in [-0.1, -0.05) is 48.5 Å². The second kappa shape index (κ2) is 14.8. The van der Waals surface area contributed by atoms with E-state index in [0.29, 0.717) is 11.4 Å². The highest BCUT2D eigenvalue weighted by Gasteiger charge is 2.22. The third-order valence-electron chi connectivity index (χ3n) is 7.32. The molecule has 0 unspecified atom stereocenters. The van der Waals surface area contributed by atoms with Crippen LogP contribution < -0.4 is 20.1 Å². The van der Waals surface area contributed by atoms with E-state index in [2.05, 4.69) is 10.6 Å². The first-order chi connectivity index (χ1) is 22.4. The Bertz CT molecular complexity index is 1650. The normalized spacial score (nSPS) is 10.5. The topological polar surface area (TPSA) is 95.1 Å². The van der Waals surface area contributed by atoms with Crippen LogP contribution in [0.15, 0.2) is 109 Å². The van der Waals surface area contributed by atoms with Crippen LogP contribution in [0.4, 0.5) is 22.7 Å². The average Bonchev–Trinajstić information content (AvgIpc) is 3.09. The molecule has 0 aliphatic heterocycles. The Labute approximate surface area is 268 Å². The van der Waals surface area contributed by atoms with Gasteiger partial charge in [-0.25, -0.2) is 9.59 Å². The molecule has 8 nitrogen and oxygen atoms in total. The van der Waals surface area contributed by atoms with E-state index in [1.807, 2.05) is 97.1 Å². The number of benzene rings is 5. The number of nitrogens with one attached hydrogen (secondary N) is 2. The summed E-state index contributed by atoms with van der Waals surface area (Å²) in [6.07, 6.45) is 0. The number of esters is 2. The quantitative estimate of drug-likeness (QED) is 0.134. The van der Waals surface area contributed by atoms with Crippen LogP contribution in [0, 0.1) is 0 Å². The number of carbonyl (C=O) groups is 2. The Morgan fingerprint density at radius 3 is 1.09 bits per heavy atom. The van der Waals surface area contributed by atoms with Gasteiger partial charge >= 0.3 is 11.9 Å². The second-order valence-electron chi connectivity index (χ2n) is 10.2. The van der Waals surface area contributed by atoms with Crippen molar-refractivity contribution in [3.63, 3.8) is 0 Å². The van der Waals surface area contributed by atoms with Gasteiger partial charge in [-0.05, 0) is 96.8 Å². The van der Waals surface area contributed by atoms with Gasteiger partial charge in [0.1, 0.15) is 11.5 Å². The Balaban J connectivity index is 1.46. The first kappa shape index (κ1) is 31.7. The lowest BCUT2D eigenvalue weighted by molar-refractivity contribution is 0.0513. The lowest BCUT2D eigenvalue weighted by atomic mass is 10.0. The molecule has 0 aliphatic carbocycles. The molecule has 5 rings (SSSR count). The summed E-state index contributed by atoms with van der Waals surface area (Å²) in [5.74, 6) is 0.533. The standard InChI is InChI=1S/C38H36N2O6/c1-5-45-37(41)33-23-36(40-30-17-9-26(10-18-30)28-13-21-32(44-4)22-14-28)34(38(42)46-6-2)24-35(33)39-29-15-7-25(8-16-29)27-11-19-31(43-3)20-12-27/h7-24,39-40H,5-6H2,1-4H3. The molecule has 0 atom stereocenters. The summed E-state index contributed by atoms with van der Waals surface area (Å²) in [5.41, 5.74) is 6.94. The smallest absolute Gasteiger partial charge is 0.340 e. The van der Waals surface area contributed by atoms with E-state index in [-0.39, 0.29) is 24.3 Å². The van der Waals surface area contributed by atoms with Crippen molar-refractivity contribution in [2.24, 2.45) is 0 Å². The van der Waals surface area contributed by atoms with Crippen LogP contribution in [0.5, 0.6) is 11.5 Å². The van der Waals surface area contributed by atoms with Gasteiger partial charge in [0.05, 0.1) is 49.9 Å². The molecule has 5 aromatic carbocycles. The van der Waals surface area contributed by atoms with E-state index >= 15 is 0 Å². The second-order valence-corrected chi connectivity index (χ2v) is 10.2. The summed E-state index contributed by atoms with van der Waals surface area (Å²) >= 11 is 0. The van der Waals surface area contributed by atoms with Crippen molar-refractivity contribution < 1.29 is 28.5 Å². The summed E-state index contributed by atoms with van der Waals surface area (Å²) in [5, 5.41) is 6.61. The number of hydrogen-bond donors (Lipinski definition) is 2. The fourth-order valence-corrected chi connectivity index (χ4v) is 4.93. The van der Waals surface area contributed by atoms with E-state index in [0.717, 1.165) is 45.1 Å². The highest BCUT2D eigenvalue weighted by atomic mass is 16.5. The minimum absolute atomic E-state index is 0.198. The number of carbonyl (C=O) groups excluding carboxylic acids is 2. The number of methoxy groups -OCH3 is 2. The molecule has 0 heterocycles. The summed E-state index contributed by atoms with van der Waals surface area (Å²) in [6.45, 7) is 3.90. The van der Waals surface area contributed by atoms with Crippen molar-refractivity contribution in [1.29, 1.82) is 0 Å². The highest BCUT2D eigenvalue weighted by molar-refractivity contribution is 6.04. The van der Waals surface area contributed by atoms with Crippen molar-refractivity contribution in [1.82, 2.24) is 0 Å². The minimum atomic E-state index is -0.520. The highest BCUT2D eigenvalue weighted by Crippen LogP contribution is 2.33. The van der Waals surface area contributed by atoms with Crippen LogP contribution >= 0.6 is 0 Å². The van der Waals surface area contributed by atoms with Crippen LogP contribution in [0.2, 0.25) is 0 Å². The molecule has 0 aromatic heterocycles. The van der Waals surface area contributed by atoms with E-state index in [4.69, 9.17) is 18.9 Å². The van der Waals surface area contributed by atoms with Gasteiger partial charge in [0.2, 0.25) is 0 Å². The molecule has 0 aliphatic rings. The minimum Gasteiger partial charge on any atom is -0.497 e. The Morgan fingerprint density at radius 2 is 0.804 bits per heavy atom. The Hall–Kier alpha value is -5.76. The zero-order chi connectivity index (χ0) is 32.5. The van der Waals surface area contributed by atoms with Crippen LogP contribution in [0.1, 0.15) is 34.6 Å². The Kier molecular flexibility index (Phi) is 10.2. The van der Waals surface area contributed by atoms with Gasteiger partial charge in [0.15, 0.2) is 0 Å². The zero-order valence-corrected chi connectivity index (χ0v) is 26.3. The molecule has 0 amide bonds. The van der Waals surface area contributed by atoms with Gasteiger partial charge in [0, 0.05) is 11.4 Å². The van der Waals surface area contributed by atoms with Crippen LogP contribution in [0.25, 0.3) is 22.3 Å². The number of hydrogen-bond acceptors (Lipinski definition) is 8. The first-order valence-electron chi connectivity index (χ1n) is 15.0. The predicted molar refractivity (Wildman–Crippen MR) is 182 cm³/mol. The summed E-state index contributed by atoms with van der Waals surface area (Å²) in [6, 6.07) is 34.4. The van der Waals surface area contributed by atoms with E-state index in [1.165, 1.54) is 0 Å². The zero-order valence-electron chi connectivity index (χ0n) is 26.3. The van der Waals surface area contributed by atoms with E-state index in [9.17, 15) is 9.59 Å². The first-order valence-corrected chi connectivity index (χ1v) is 15.0. The SMILES string of the molecule is CCOC(=O)c1cc(Nc2ccc(-c3ccc(OC)cc3)cc2)c(C(=O)OCC)cc1Nc1ccc(-c2ccc(OC)cc2)cc1. The molecule has 2 N–H and O–H groups in total. The monoisotopic (exact) mass is 616 g/mol. The average molecular weight is 617 g/mol. The van der Waals surface area contributed by atoms with Crippen molar-refractivity contribution in [3.05, 3.63) is 120 Å². The molecule has 0 saturated carbocycles. The predicted octanol–water partition coefficient (Wildman–Crippen LogP) is 8.88. The van der Waals surface area contributed by atoms with Gasteiger partial charge in [-0.3, -0.25) is 0 Å². The van der Waals surface area contributed by atoms with E-state index < -0.39 is 11.9 Å². The number of rotatable bonds is 12. The van der Waals surface area contributed by atoms with Gasteiger partial charge in [-0.15, -0.1) is 0 Å². The van der Waals surface area contributed by atoms with Crippen molar-refractivity contribution in [2.45, 2.75) is 13.8 Å². The van der Waals surface area contributed by atoms with Crippen molar-refractivity contribution in [2.75, 3.05) is 38.1 Å². The molecule has 0 saturated heterocycles. The van der Waals surface area contributed by atoms with Crippen molar-refractivity contribution >= 4 is 34.7 Å². The summed E-state index contributed by atoms with van der Waals surface area (Å²) < 4.78 is 21.3. The lowest BCUT2D eigenvalue weighted by Gasteiger charge is -2.18. The Morgan fingerprint density at radius 1 is 0.500 bits per heavy atom. The molecule has 0 radical (unpaired) electrons. The fraction of sp³-hybridized carbons (Fsp3) is 0.158. The molecule has 0 bridgehead atoms. The van der Waals surface area contributed by atoms with Crippen LogP contribution in [-0.4, -0.2) is 39.4 Å². The largest absolute Gasteiger partial charge is 0.497 e. The maximum absolute atomic E-state index is 13.2. The molecule has 0 spiro atoms. The molecular formula is C38H36N2O6. The number of anilines is 4. The summed E-state index contributed by atoms with van der Waals surface area (Å²) in [7, 11) is 3.27. The molecule has 8 heteroatoms. The van der Waals surface area contributed by atoms with Gasteiger partial charge in [0.25, 0.3) is 0 Å². The molecule has 0 fully saturated rings. The third kappa shape index (κ3) is 7.47. The van der Waals surface area contributed by atoms with Crippen molar-refractivity contribution in [3.8, 4) is 33.8 Å². The van der Waals surface area contributed by atoms with Crippen LogP contribution in [-0.2, 0) is 9.47 Å². The molecule has 46 heavy (non-hydrogen) atoms. The maximum atomic E-state index is 13.2. The fourth-order valence-electron chi connectivity index (χ4n) is 4.93. The third-order valence-corrected chi connectivity index (χ3v) is 7.32. The van der Waals surface area contributed by atoms with Gasteiger partial charge in [-0.2, -0.15) is 0 Å². The van der Waals surface area contributed by atoms with Gasteiger partial charge < -0.3 is 29.6 Å². The van der Waals surface area contributed by atoms with Crippen LogP contribution in [0.3, 0.4) is 0 Å². The lowest BCUT2D eigenvalue weighted by Crippen LogP contribution is -2.13. The molecular weight excluding hydrogens is 580 g/mol. The summed E-state index contributed by atoms with van der Waals surface area (Å²) in [4.78, 5) is 26.4.